The number of phenolic OH excluding ortho intramolecular Hbond substituents is 1. The molecule has 12 rings (SSSR count). The summed E-state index contributed by atoms with van der Waals surface area (Å²) < 4.78 is 56.8. The predicted octanol–water partition coefficient (Wildman–Crippen LogP) is 23.5. The fraction of sp³-hybridized carbons (Fsp3) is 0.330. The first kappa shape index (κ1) is 77.2. The van der Waals surface area contributed by atoms with Crippen LogP contribution < -0.4 is 14.2 Å². The van der Waals surface area contributed by atoms with Crippen LogP contribution in [-0.2, 0) is 39.0 Å². The lowest BCUT2D eigenvalue weighted by molar-refractivity contribution is -0.155. The van der Waals surface area contributed by atoms with E-state index in [2.05, 4.69) is 263 Å². The van der Waals surface area contributed by atoms with Crippen molar-refractivity contribution in [2.24, 2.45) is 17.8 Å². The van der Waals surface area contributed by atoms with Crippen LogP contribution in [0.1, 0.15) is 178 Å². The third-order valence-electron chi connectivity index (χ3n) is 18.9. The van der Waals surface area contributed by atoms with Crippen molar-refractivity contribution >= 4 is 31.8 Å². The van der Waals surface area contributed by atoms with E-state index in [9.17, 15) is 13.0 Å². The second-order valence-corrected chi connectivity index (χ2v) is 29.6. The van der Waals surface area contributed by atoms with E-state index in [1.54, 1.807) is 24.3 Å². The van der Waals surface area contributed by atoms with Crippen LogP contribution in [0, 0.1) is 25.2 Å². The smallest absolute Gasteiger partial charge is 0.202 e. The van der Waals surface area contributed by atoms with Crippen LogP contribution in [0.15, 0.2) is 274 Å². The predicted molar refractivity (Wildman–Crippen MR) is 407 cm³/mol. The fourth-order valence-corrected chi connectivity index (χ4v) is 14.5. The van der Waals surface area contributed by atoms with Gasteiger partial charge in [-0.25, -0.2) is 8.42 Å². The number of phenols is 1. The molecule has 98 heavy (non-hydrogen) atoms. The number of aromatic hydroxyl groups is 1. The highest BCUT2D eigenvalue weighted by Crippen LogP contribution is 2.47. The lowest BCUT2D eigenvalue weighted by Crippen LogP contribution is -2.34. The standard InChI is InChI=1S/C21H32O2.C21H22O.C18H15S.C17H20O4S.C10H14O.CH3/c1-5-15(4)17-8-10-19(11-9-17)22-21(14(2)3)23-20-13-16-6-7-18(20)12-16;1-3-16(2)17-11-13-20(14-12-17)22-15-19-9-6-8-18-7-4-5-10-21(18)19;1-4-10-16(11-5-1)19(17-12-6-2-7-13-17)18-14-8-3-9-15-18;1-3-13(2)15-6-8-16(9-7-15)21-12-14-4-10-17(11-5-14)22(18,19)20;1-3-8(2)9-4-6-10(11)7-5-9;/h8-11,14-16,18,20-21H,5-7,12-13H2,1-4H3;4-14,16H,3,15H2,1-2H3;1-15H;4-11,13H,3,12H2,1-2H3,(H,18,19,20);4-8,11H,3H2,1-2H3;1H3/q;;+1;;;-1/p-1. The fourth-order valence-electron chi connectivity index (χ4n) is 12.0. The average Bonchev–Trinajstić information content (AvgIpc) is 1.50. The molecule has 2 bridgehead atoms. The third-order valence-corrected chi connectivity index (χ3v) is 21.9. The largest absolute Gasteiger partial charge is 0.744 e. The van der Waals surface area contributed by atoms with Gasteiger partial charge in [-0.3, -0.25) is 0 Å². The summed E-state index contributed by atoms with van der Waals surface area (Å²) in [5.41, 5.74) is 7.36. The van der Waals surface area contributed by atoms with Crippen LogP contribution in [0.3, 0.4) is 0 Å². The van der Waals surface area contributed by atoms with Crippen molar-refractivity contribution in [2.75, 3.05) is 0 Å². The highest BCUT2D eigenvalue weighted by atomic mass is 32.2. The van der Waals surface area contributed by atoms with Crippen molar-refractivity contribution in [2.45, 2.75) is 189 Å². The molecule has 10 aromatic rings. The summed E-state index contributed by atoms with van der Waals surface area (Å²) in [7, 11) is -4.41. The van der Waals surface area contributed by atoms with E-state index >= 15 is 0 Å². The molecule has 0 aliphatic heterocycles. The summed E-state index contributed by atoms with van der Waals surface area (Å²) in [5, 5.41) is 11.5. The Morgan fingerprint density at radius 3 is 1.28 bits per heavy atom. The zero-order valence-electron chi connectivity index (χ0n) is 59.6. The number of hydrogen-bond acceptors (Lipinski definition) is 8. The van der Waals surface area contributed by atoms with Crippen LogP contribution in [0.25, 0.3) is 10.8 Å². The number of rotatable bonds is 23. The minimum Gasteiger partial charge on any atom is -0.744 e. The van der Waals surface area contributed by atoms with Crippen molar-refractivity contribution in [3.8, 4) is 23.0 Å². The van der Waals surface area contributed by atoms with E-state index in [0.717, 1.165) is 53.9 Å². The van der Waals surface area contributed by atoms with Crippen LogP contribution in [0.2, 0.25) is 0 Å². The van der Waals surface area contributed by atoms with Gasteiger partial charge in [0.05, 0.1) is 21.9 Å². The monoisotopic (exact) mass is 1350 g/mol. The van der Waals surface area contributed by atoms with Crippen LogP contribution in [0.5, 0.6) is 23.0 Å². The van der Waals surface area contributed by atoms with E-state index in [1.807, 2.05) is 24.3 Å². The van der Waals surface area contributed by atoms with Gasteiger partial charge in [0.15, 0.2) is 14.7 Å². The van der Waals surface area contributed by atoms with E-state index in [4.69, 9.17) is 24.1 Å². The van der Waals surface area contributed by atoms with Gasteiger partial charge >= 0.3 is 0 Å². The number of fused-ring (bicyclic) bond motifs is 3. The molecule has 8 unspecified atom stereocenters. The van der Waals surface area contributed by atoms with Gasteiger partial charge in [-0.05, 0) is 228 Å². The molecule has 10 aromatic carbocycles. The maximum Gasteiger partial charge on any atom is 0.202 e. The Labute approximate surface area is 591 Å². The molecule has 2 fully saturated rings. The van der Waals surface area contributed by atoms with Gasteiger partial charge in [0.2, 0.25) is 6.29 Å². The molecule has 0 amide bonds. The summed E-state index contributed by atoms with van der Waals surface area (Å²) in [6.45, 7) is 23.0. The second kappa shape index (κ2) is 39.5. The minimum atomic E-state index is -4.39. The molecule has 2 aliphatic rings. The Morgan fingerprint density at radius 1 is 0.459 bits per heavy atom. The topological polar surface area (TPSA) is 114 Å². The van der Waals surface area contributed by atoms with Crippen molar-refractivity contribution in [1.82, 2.24) is 0 Å². The first-order valence-corrected chi connectivity index (χ1v) is 37.6. The van der Waals surface area contributed by atoms with Gasteiger partial charge in [-0.2, -0.15) is 0 Å². The first-order valence-electron chi connectivity index (χ1n) is 35.0. The van der Waals surface area contributed by atoms with Gasteiger partial charge in [-0.1, -0.05) is 227 Å². The Bertz CT molecular complexity index is 3860. The number of ether oxygens (including phenoxy) is 4. The zero-order valence-corrected chi connectivity index (χ0v) is 61.3. The molecular formula is C88H105O8S2-. The maximum atomic E-state index is 10.8. The van der Waals surface area contributed by atoms with E-state index in [0.29, 0.717) is 54.7 Å². The molecule has 0 saturated heterocycles. The minimum absolute atomic E-state index is 0. The molecule has 0 radical (unpaired) electrons. The van der Waals surface area contributed by atoms with E-state index in [1.165, 1.54) is 97.5 Å². The normalized spacial score (nSPS) is 15.9. The molecule has 2 saturated carbocycles. The van der Waals surface area contributed by atoms with Gasteiger partial charge in [0, 0.05) is 5.92 Å². The molecule has 518 valence electrons. The van der Waals surface area contributed by atoms with Crippen LogP contribution >= 0.6 is 0 Å². The quantitative estimate of drug-likeness (QED) is 0.0292. The molecule has 10 heteroatoms. The molecule has 0 aromatic heterocycles. The summed E-state index contributed by atoms with van der Waals surface area (Å²) in [6.07, 6.45) is 10.2. The summed E-state index contributed by atoms with van der Waals surface area (Å²) >= 11 is 0. The van der Waals surface area contributed by atoms with Gasteiger partial charge in [0.25, 0.3) is 0 Å². The molecule has 0 spiro atoms. The van der Waals surface area contributed by atoms with Gasteiger partial charge in [-0.15, -0.1) is 0 Å². The second-order valence-electron chi connectivity index (χ2n) is 26.2. The summed E-state index contributed by atoms with van der Waals surface area (Å²) in [4.78, 5) is 3.86. The molecule has 2 aliphatic carbocycles. The first-order chi connectivity index (χ1) is 46.9. The number of benzene rings is 10. The molecule has 8 atom stereocenters. The van der Waals surface area contributed by atoms with Crippen molar-refractivity contribution in [3.05, 3.63) is 296 Å². The molecule has 0 heterocycles. The number of hydrogen-bond donors (Lipinski definition) is 1. The van der Waals surface area contributed by atoms with E-state index in [-0.39, 0.29) is 29.5 Å². The molecular weight excluding hydrogens is 1250 g/mol. The maximum absolute atomic E-state index is 10.8. The third kappa shape index (κ3) is 23.5. The van der Waals surface area contributed by atoms with E-state index < -0.39 is 10.1 Å². The highest BCUT2D eigenvalue weighted by Gasteiger charge is 2.42. The zero-order chi connectivity index (χ0) is 69.1. The Kier molecular flexibility index (Phi) is 31.1. The SMILES string of the molecule is CCC(C)c1ccc(O)cc1.CCC(C)c1ccc(OC(OC2CC3CCC2C3)C(C)C)cc1.CCC(C)c1ccc(OCc2ccc(S(=O)(=O)[O-])cc2)cc1.CCC(C)c1ccc(OCc2cccc3ccccc23)cc1.[CH3-].c1ccc([S+](c2ccccc2)c2ccccc2)cc1. The van der Waals surface area contributed by atoms with Crippen LogP contribution in [0.4, 0.5) is 0 Å². The van der Waals surface area contributed by atoms with Crippen molar-refractivity contribution < 1.29 is 37.0 Å². The Balaban J connectivity index is 0.000000175. The molecule has 1 N–H and O–H groups in total. The lowest BCUT2D eigenvalue weighted by Gasteiger charge is -2.30. The summed E-state index contributed by atoms with van der Waals surface area (Å²) in [5.74, 6) is 7.34. The summed E-state index contributed by atoms with van der Waals surface area (Å²) in [6, 6.07) is 85.2. The van der Waals surface area contributed by atoms with Crippen molar-refractivity contribution in [3.63, 3.8) is 0 Å². The Morgan fingerprint density at radius 2 is 0.867 bits per heavy atom. The van der Waals surface area contributed by atoms with Gasteiger partial charge in [0.1, 0.15) is 46.3 Å². The highest BCUT2D eigenvalue weighted by molar-refractivity contribution is 7.97. The molecule has 8 nitrogen and oxygen atoms in total. The van der Waals surface area contributed by atoms with Gasteiger partial charge < -0.3 is 36.0 Å². The lowest BCUT2D eigenvalue weighted by atomic mass is 9.97. The average molecular weight is 1350 g/mol. The van der Waals surface area contributed by atoms with Crippen LogP contribution in [-0.4, -0.2) is 30.5 Å². The Hall–Kier alpha value is -8.12. The van der Waals surface area contributed by atoms with Crippen molar-refractivity contribution in [1.29, 1.82) is 0 Å².